The Morgan fingerprint density at radius 3 is 2.31 bits per heavy atom. The van der Waals surface area contributed by atoms with Gasteiger partial charge in [0.25, 0.3) is 0 Å². The second-order valence-corrected chi connectivity index (χ2v) is 7.58. The second kappa shape index (κ2) is 9.80. The molecule has 0 spiro atoms. The number of ether oxygens (including phenoxy) is 1. The van der Waals surface area contributed by atoms with Crippen molar-refractivity contribution in [3.8, 4) is 22.8 Å². The first-order valence-electron chi connectivity index (χ1n) is 9.33. The lowest BCUT2D eigenvalue weighted by molar-refractivity contribution is -0.127. The van der Waals surface area contributed by atoms with Crippen LogP contribution in [0.5, 0.6) is 5.75 Å². The summed E-state index contributed by atoms with van der Waals surface area (Å²) >= 11 is 7.44. The number of rotatable bonds is 8. The molecular weight excluding hydrogens is 408 g/mol. The largest absolute Gasteiger partial charge is 0.497 e. The molecule has 0 unspecified atom stereocenters. The summed E-state index contributed by atoms with van der Waals surface area (Å²) in [5.74, 6) is 1.84. The monoisotopic (exact) mass is 430 g/mol. The van der Waals surface area contributed by atoms with Crippen molar-refractivity contribution in [3.05, 3.63) is 53.6 Å². The van der Waals surface area contributed by atoms with E-state index >= 15 is 0 Å². The molecule has 1 aromatic heterocycles. The van der Waals surface area contributed by atoms with E-state index in [-0.39, 0.29) is 5.91 Å². The molecule has 0 aliphatic carbocycles. The van der Waals surface area contributed by atoms with Gasteiger partial charge in [0.05, 0.1) is 12.9 Å². The fourth-order valence-corrected chi connectivity index (χ4v) is 3.89. The van der Waals surface area contributed by atoms with Crippen molar-refractivity contribution in [2.45, 2.75) is 19.0 Å². The van der Waals surface area contributed by atoms with E-state index in [1.165, 1.54) is 11.8 Å². The van der Waals surface area contributed by atoms with Gasteiger partial charge in [-0.15, -0.1) is 10.2 Å². The van der Waals surface area contributed by atoms with Crippen molar-refractivity contribution in [3.63, 3.8) is 0 Å². The number of nitrogens with zero attached hydrogens (tertiary/aromatic N) is 4. The van der Waals surface area contributed by atoms with E-state index in [2.05, 4.69) is 10.2 Å². The first kappa shape index (κ1) is 21.2. The molecule has 2 aromatic carbocycles. The zero-order valence-electron chi connectivity index (χ0n) is 16.6. The molecule has 6 nitrogen and oxygen atoms in total. The van der Waals surface area contributed by atoms with Gasteiger partial charge in [0.15, 0.2) is 11.0 Å². The van der Waals surface area contributed by atoms with Gasteiger partial charge in [0.1, 0.15) is 5.75 Å². The number of carbonyl (C=O) groups is 1. The standard InChI is InChI=1S/C21H23ClN4O2S/c1-4-25(5-2)19(27)14-29-21-24-23-20(15-6-12-18(28-3)13-7-15)26(21)17-10-8-16(22)9-11-17/h6-13H,4-5,14H2,1-3H3. The number of benzene rings is 2. The molecule has 29 heavy (non-hydrogen) atoms. The normalized spacial score (nSPS) is 10.8. The maximum absolute atomic E-state index is 12.4. The third kappa shape index (κ3) is 4.92. The second-order valence-electron chi connectivity index (χ2n) is 6.20. The van der Waals surface area contributed by atoms with E-state index in [4.69, 9.17) is 16.3 Å². The van der Waals surface area contributed by atoms with Crippen LogP contribution in [-0.2, 0) is 4.79 Å². The first-order chi connectivity index (χ1) is 14.1. The topological polar surface area (TPSA) is 60.3 Å². The fraction of sp³-hybridized carbons (Fsp3) is 0.286. The summed E-state index contributed by atoms with van der Waals surface area (Å²) in [6.45, 7) is 5.34. The molecule has 3 aromatic rings. The number of aromatic nitrogens is 3. The maximum Gasteiger partial charge on any atom is 0.233 e. The minimum Gasteiger partial charge on any atom is -0.497 e. The Kier molecular flexibility index (Phi) is 7.17. The molecule has 3 rings (SSSR count). The average Bonchev–Trinajstić information content (AvgIpc) is 3.17. The number of hydrogen-bond acceptors (Lipinski definition) is 5. The lowest BCUT2D eigenvalue weighted by atomic mass is 10.2. The number of methoxy groups -OCH3 is 1. The van der Waals surface area contributed by atoms with Gasteiger partial charge in [-0.25, -0.2) is 0 Å². The van der Waals surface area contributed by atoms with Crippen LogP contribution in [0.4, 0.5) is 0 Å². The summed E-state index contributed by atoms with van der Waals surface area (Å²) in [6, 6.07) is 15.1. The van der Waals surface area contributed by atoms with Crippen molar-refractivity contribution in [2.24, 2.45) is 0 Å². The molecule has 0 N–H and O–H groups in total. The Bertz CT molecular complexity index is 954. The molecule has 8 heteroatoms. The highest BCUT2D eigenvalue weighted by molar-refractivity contribution is 7.99. The minimum atomic E-state index is 0.0802. The van der Waals surface area contributed by atoms with Gasteiger partial charge in [0, 0.05) is 29.4 Å². The highest BCUT2D eigenvalue weighted by atomic mass is 35.5. The van der Waals surface area contributed by atoms with Gasteiger partial charge in [-0.1, -0.05) is 23.4 Å². The van der Waals surface area contributed by atoms with Crippen LogP contribution in [0.3, 0.4) is 0 Å². The predicted molar refractivity (Wildman–Crippen MR) is 117 cm³/mol. The van der Waals surface area contributed by atoms with Gasteiger partial charge in [-0.05, 0) is 62.4 Å². The molecule has 1 heterocycles. The van der Waals surface area contributed by atoms with Crippen LogP contribution in [0.2, 0.25) is 5.02 Å². The summed E-state index contributed by atoms with van der Waals surface area (Å²) < 4.78 is 7.19. The molecule has 0 radical (unpaired) electrons. The van der Waals surface area contributed by atoms with Crippen molar-refractivity contribution in [2.75, 3.05) is 26.0 Å². The maximum atomic E-state index is 12.4. The molecule has 1 amide bonds. The van der Waals surface area contributed by atoms with Crippen LogP contribution in [0.25, 0.3) is 17.1 Å². The van der Waals surface area contributed by atoms with Gasteiger partial charge in [-0.2, -0.15) is 0 Å². The minimum absolute atomic E-state index is 0.0802. The van der Waals surface area contributed by atoms with Gasteiger partial charge in [-0.3, -0.25) is 9.36 Å². The Hall–Kier alpha value is -2.51. The van der Waals surface area contributed by atoms with Gasteiger partial charge < -0.3 is 9.64 Å². The summed E-state index contributed by atoms with van der Waals surface area (Å²) in [6.07, 6.45) is 0. The van der Waals surface area contributed by atoms with E-state index in [1.807, 2.05) is 66.9 Å². The Morgan fingerprint density at radius 2 is 1.72 bits per heavy atom. The molecule has 0 aliphatic rings. The van der Waals surface area contributed by atoms with E-state index in [0.29, 0.717) is 34.8 Å². The van der Waals surface area contributed by atoms with Gasteiger partial charge >= 0.3 is 0 Å². The van der Waals surface area contributed by atoms with Crippen molar-refractivity contribution >= 4 is 29.3 Å². The van der Waals surface area contributed by atoms with E-state index < -0.39 is 0 Å². The molecular formula is C21H23ClN4O2S. The third-order valence-corrected chi connectivity index (χ3v) is 5.67. The van der Waals surface area contributed by atoms with Gasteiger partial charge in [0.2, 0.25) is 5.91 Å². The molecule has 0 bridgehead atoms. The molecule has 0 fully saturated rings. The third-order valence-electron chi connectivity index (χ3n) is 4.51. The number of thioether (sulfide) groups is 1. The van der Waals surface area contributed by atoms with Crippen LogP contribution in [0.15, 0.2) is 53.7 Å². The van der Waals surface area contributed by atoms with Crippen molar-refractivity contribution in [1.29, 1.82) is 0 Å². The summed E-state index contributed by atoms with van der Waals surface area (Å²) in [7, 11) is 1.63. The number of halogens is 1. The highest BCUT2D eigenvalue weighted by Crippen LogP contribution is 2.29. The smallest absolute Gasteiger partial charge is 0.233 e. The van der Waals surface area contributed by atoms with Crippen molar-refractivity contribution < 1.29 is 9.53 Å². The lowest BCUT2D eigenvalue weighted by Gasteiger charge is -2.18. The zero-order chi connectivity index (χ0) is 20.8. The zero-order valence-corrected chi connectivity index (χ0v) is 18.2. The van der Waals surface area contributed by atoms with E-state index in [1.54, 1.807) is 12.0 Å². The molecule has 0 saturated carbocycles. The van der Waals surface area contributed by atoms with Crippen LogP contribution in [0, 0.1) is 0 Å². The lowest BCUT2D eigenvalue weighted by Crippen LogP contribution is -2.31. The summed E-state index contributed by atoms with van der Waals surface area (Å²) in [5.41, 5.74) is 1.78. The van der Waals surface area contributed by atoms with Crippen LogP contribution >= 0.6 is 23.4 Å². The number of carbonyl (C=O) groups excluding carboxylic acids is 1. The van der Waals surface area contributed by atoms with Crippen molar-refractivity contribution in [1.82, 2.24) is 19.7 Å². The Balaban J connectivity index is 1.96. The highest BCUT2D eigenvalue weighted by Gasteiger charge is 2.18. The van der Waals surface area contributed by atoms with E-state index in [0.717, 1.165) is 17.0 Å². The average molecular weight is 431 g/mol. The number of amides is 1. The number of hydrogen-bond donors (Lipinski definition) is 0. The molecule has 152 valence electrons. The van der Waals surface area contributed by atoms with Crippen LogP contribution < -0.4 is 4.74 Å². The van der Waals surface area contributed by atoms with E-state index in [9.17, 15) is 4.79 Å². The molecule has 0 aliphatic heterocycles. The Morgan fingerprint density at radius 1 is 1.07 bits per heavy atom. The van der Waals surface area contributed by atoms with Crippen LogP contribution in [-0.4, -0.2) is 51.5 Å². The molecule has 0 saturated heterocycles. The Labute approximate surface area is 179 Å². The fourth-order valence-electron chi connectivity index (χ4n) is 2.91. The first-order valence-corrected chi connectivity index (χ1v) is 10.7. The SMILES string of the molecule is CCN(CC)C(=O)CSc1nnc(-c2ccc(OC)cc2)n1-c1ccc(Cl)cc1. The predicted octanol–water partition coefficient (Wildman–Crippen LogP) is 4.56. The molecule has 0 atom stereocenters. The van der Waals surface area contributed by atoms with Crippen LogP contribution in [0.1, 0.15) is 13.8 Å². The quantitative estimate of drug-likeness (QED) is 0.490. The summed E-state index contributed by atoms with van der Waals surface area (Å²) in [5, 5.41) is 10.1. The summed E-state index contributed by atoms with van der Waals surface area (Å²) in [4.78, 5) is 14.2.